The van der Waals surface area contributed by atoms with Gasteiger partial charge in [-0.15, -0.1) is 0 Å². The summed E-state index contributed by atoms with van der Waals surface area (Å²) in [6.07, 6.45) is 5.27. The first-order valence-corrected chi connectivity index (χ1v) is 5.88. The van der Waals surface area contributed by atoms with Crippen molar-refractivity contribution in [1.82, 2.24) is 10.2 Å². The molecule has 0 aliphatic carbocycles. The van der Waals surface area contributed by atoms with Gasteiger partial charge in [-0.3, -0.25) is 4.90 Å². The quantitative estimate of drug-likeness (QED) is 0.712. The number of nitrogens with one attached hydrogen (secondary N) is 1. The van der Waals surface area contributed by atoms with E-state index >= 15 is 0 Å². The molecule has 0 aromatic rings. The molecule has 0 aromatic carbocycles. The maximum Gasteiger partial charge on any atom is 0.0622 e. The molecule has 0 spiro atoms. The highest BCUT2D eigenvalue weighted by molar-refractivity contribution is 4.82. The predicted octanol–water partition coefficient (Wildman–Crippen LogP) is 0.849. The van der Waals surface area contributed by atoms with Crippen molar-refractivity contribution in [3.63, 3.8) is 0 Å². The zero-order valence-corrected chi connectivity index (χ0v) is 9.17. The van der Waals surface area contributed by atoms with Crippen LogP contribution in [0, 0.1) is 0 Å². The Kier molecular flexibility index (Phi) is 3.79. The van der Waals surface area contributed by atoms with Crippen molar-refractivity contribution >= 4 is 0 Å². The Labute approximate surface area is 86.8 Å². The summed E-state index contributed by atoms with van der Waals surface area (Å²) in [5.41, 5.74) is 0. The zero-order valence-electron chi connectivity index (χ0n) is 9.17. The summed E-state index contributed by atoms with van der Waals surface area (Å²) in [6, 6.07) is 1.39. The van der Waals surface area contributed by atoms with Gasteiger partial charge >= 0.3 is 0 Å². The third-order valence-corrected chi connectivity index (χ3v) is 3.58. The molecule has 2 aliphatic heterocycles. The van der Waals surface area contributed by atoms with Crippen LogP contribution in [-0.2, 0) is 4.74 Å². The first-order chi connectivity index (χ1) is 6.88. The molecule has 2 heterocycles. The SMILES string of the molecule is CN(C1CCCCNC1)C1CCOC1. The lowest BCUT2D eigenvalue weighted by Gasteiger charge is -2.31. The lowest BCUT2D eigenvalue weighted by Crippen LogP contribution is -2.45. The highest BCUT2D eigenvalue weighted by atomic mass is 16.5. The van der Waals surface area contributed by atoms with E-state index in [-0.39, 0.29) is 0 Å². The highest BCUT2D eigenvalue weighted by Crippen LogP contribution is 2.17. The molecule has 0 saturated carbocycles. The molecule has 2 rings (SSSR count). The van der Waals surface area contributed by atoms with E-state index in [2.05, 4.69) is 17.3 Å². The molecule has 2 atom stereocenters. The molecule has 3 nitrogen and oxygen atoms in total. The second kappa shape index (κ2) is 5.10. The third kappa shape index (κ3) is 2.47. The Morgan fingerprint density at radius 2 is 2.14 bits per heavy atom. The molecule has 3 heteroatoms. The molecule has 2 saturated heterocycles. The average Bonchev–Trinajstić information content (AvgIpc) is 2.59. The van der Waals surface area contributed by atoms with Gasteiger partial charge in [0.05, 0.1) is 6.61 Å². The van der Waals surface area contributed by atoms with Gasteiger partial charge in [0.25, 0.3) is 0 Å². The fraction of sp³-hybridized carbons (Fsp3) is 1.00. The van der Waals surface area contributed by atoms with Gasteiger partial charge in [0.15, 0.2) is 0 Å². The molecule has 0 bridgehead atoms. The van der Waals surface area contributed by atoms with Crippen LogP contribution in [0.25, 0.3) is 0 Å². The minimum Gasteiger partial charge on any atom is -0.380 e. The van der Waals surface area contributed by atoms with Gasteiger partial charge in [-0.25, -0.2) is 0 Å². The van der Waals surface area contributed by atoms with Crippen LogP contribution in [-0.4, -0.2) is 50.3 Å². The van der Waals surface area contributed by atoms with E-state index in [4.69, 9.17) is 4.74 Å². The van der Waals surface area contributed by atoms with Crippen LogP contribution in [0.3, 0.4) is 0 Å². The van der Waals surface area contributed by atoms with E-state index in [1.165, 1.54) is 32.2 Å². The second-order valence-corrected chi connectivity index (χ2v) is 4.54. The van der Waals surface area contributed by atoms with E-state index in [1.807, 2.05) is 0 Å². The van der Waals surface area contributed by atoms with Gasteiger partial charge in [-0.05, 0) is 32.9 Å². The molecule has 1 N–H and O–H groups in total. The van der Waals surface area contributed by atoms with Gasteiger partial charge in [-0.2, -0.15) is 0 Å². The Bertz CT molecular complexity index is 161. The summed E-state index contributed by atoms with van der Waals surface area (Å²) < 4.78 is 5.44. The van der Waals surface area contributed by atoms with Crippen LogP contribution in [0.2, 0.25) is 0 Å². The van der Waals surface area contributed by atoms with Crippen LogP contribution in [0.1, 0.15) is 25.7 Å². The number of nitrogens with zero attached hydrogens (tertiary/aromatic N) is 1. The summed E-state index contributed by atoms with van der Waals surface area (Å²) in [6.45, 7) is 4.25. The van der Waals surface area contributed by atoms with Gasteiger partial charge in [0.1, 0.15) is 0 Å². The van der Waals surface area contributed by atoms with Crippen molar-refractivity contribution in [1.29, 1.82) is 0 Å². The van der Waals surface area contributed by atoms with Gasteiger partial charge < -0.3 is 10.1 Å². The maximum atomic E-state index is 5.44. The van der Waals surface area contributed by atoms with E-state index in [0.29, 0.717) is 6.04 Å². The van der Waals surface area contributed by atoms with E-state index in [1.54, 1.807) is 0 Å². The molecule has 82 valence electrons. The number of hydrogen-bond donors (Lipinski definition) is 1. The fourth-order valence-corrected chi connectivity index (χ4v) is 2.49. The molecule has 0 radical (unpaired) electrons. The molecular weight excluding hydrogens is 176 g/mol. The van der Waals surface area contributed by atoms with Gasteiger partial charge in [0.2, 0.25) is 0 Å². The lowest BCUT2D eigenvalue weighted by atomic mass is 10.1. The number of likely N-dealkylation sites (N-methyl/N-ethyl adjacent to an activating group) is 1. The van der Waals surface area contributed by atoms with E-state index in [0.717, 1.165) is 25.8 Å². The third-order valence-electron chi connectivity index (χ3n) is 3.58. The van der Waals surface area contributed by atoms with E-state index in [9.17, 15) is 0 Å². The van der Waals surface area contributed by atoms with Crippen LogP contribution in [0.15, 0.2) is 0 Å². The Balaban J connectivity index is 1.84. The van der Waals surface area contributed by atoms with Crippen LogP contribution in [0.4, 0.5) is 0 Å². The largest absolute Gasteiger partial charge is 0.380 e. The first kappa shape index (κ1) is 10.4. The molecule has 0 aromatic heterocycles. The average molecular weight is 198 g/mol. The topological polar surface area (TPSA) is 24.5 Å². The molecular formula is C11H22N2O. The fourth-order valence-electron chi connectivity index (χ4n) is 2.49. The zero-order chi connectivity index (χ0) is 9.80. The number of ether oxygens (including phenoxy) is 1. The molecule has 0 amide bonds. The van der Waals surface area contributed by atoms with Crippen molar-refractivity contribution in [3.8, 4) is 0 Å². The molecule has 2 fully saturated rings. The van der Waals surface area contributed by atoms with Gasteiger partial charge in [0, 0.05) is 25.2 Å². The Hall–Kier alpha value is -0.120. The first-order valence-electron chi connectivity index (χ1n) is 5.88. The minimum atomic E-state index is 0.667. The second-order valence-electron chi connectivity index (χ2n) is 4.54. The summed E-state index contributed by atoms with van der Waals surface area (Å²) in [5, 5.41) is 3.52. The van der Waals surface area contributed by atoms with Crippen LogP contribution >= 0.6 is 0 Å². The Morgan fingerprint density at radius 1 is 1.21 bits per heavy atom. The molecule has 2 aliphatic rings. The highest BCUT2D eigenvalue weighted by Gasteiger charge is 2.26. The van der Waals surface area contributed by atoms with Crippen molar-refractivity contribution in [2.75, 3.05) is 33.4 Å². The monoisotopic (exact) mass is 198 g/mol. The lowest BCUT2D eigenvalue weighted by molar-refractivity contribution is 0.129. The maximum absolute atomic E-state index is 5.44. The minimum absolute atomic E-state index is 0.667. The predicted molar refractivity (Wildman–Crippen MR) is 57.5 cm³/mol. The van der Waals surface area contributed by atoms with Crippen molar-refractivity contribution in [2.45, 2.75) is 37.8 Å². The van der Waals surface area contributed by atoms with Crippen molar-refractivity contribution < 1.29 is 4.74 Å². The Morgan fingerprint density at radius 3 is 2.93 bits per heavy atom. The van der Waals surface area contributed by atoms with E-state index < -0.39 is 0 Å². The van der Waals surface area contributed by atoms with Crippen molar-refractivity contribution in [2.24, 2.45) is 0 Å². The normalized spacial score (nSPS) is 34.7. The summed E-state index contributed by atoms with van der Waals surface area (Å²) in [7, 11) is 2.26. The standard InChI is InChI=1S/C11H22N2O/c1-13(11-5-7-14-9-11)10-4-2-3-6-12-8-10/h10-12H,2-9H2,1H3. The summed E-state index contributed by atoms with van der Waals surface area (Å²) in [4.78, 5) is 2.53. The van der Waals surface area contributed by atoms with Crippen LogP contribution in [0.5, 0.6) is 0 Å². The molecule has 14 heavy (non-hydrogen) atoms. The summed E-state index contributed by atoms with van der Waals surface area (Å²) >= 11 is 0. The number of hydrogen-bond acceptors (Lipinski definition) is 3. The molecule has 2 unspecified atom stereocenters. The van der Waals surface area contributed by atoms with Gasteiger partial charge in [-0.1, -0.05) is 6.42 Å². The number of rotatable bonds is 2. The van der Waals surface area contributed by atoms with Crippen molar-refractivity contribution in [3.05, 3.63) is 0 Å². The van der Waals surface area contributed by atoms with Crippen LogP contribution < -0.4 is 5.32 Å². The summed E-state index contributed by atoms with van der Waals surface area (Å²) in [5.74, 6) is 0. The smallest absolute Gasteiger partial charge is 0.0622 e.